The van der Waals surface area contributed by atoms with Crippen LogP contribution in [0.25, 0.3) is 5.52 Å². The molecule has 0 unspecified atom stereocenters. The molecule has 1 fully saturated rings. The number of nitrogens with zero attached hydrogens (tertiary/aromatic N) is 4. The third-order valence-corrected chi connectivity index (χ3v) is 6.69. The van der Waals surface area contributed by atoms with Gasteiger partial charge in [-0.15, -0.1) is 0 Å². The number of rotatable bonds is 8. The first-order valence-electron chi connectivity index (χ1n) is 12.6. The summed E-state index contributed by atoms with van der Waals surface area (Å²) in [4.78, 5) is 15.4. The van der Waals surface area contributed by atoms with Crippen LogP contribution < -0.4 is 15.4 Å². The molecule has 37 heavy (non-hydrogen) atoms. The second kappa shape index (κ2) is 11.1. The van der Waals surface area contributed by atoms with Crippen molar-refractivity contribution >= 4 is 22.8 Å². The van der Waals surface area contributed by atoms with E-state index in [-0.39, 0.29) is 5.91 Å². The summed E-state index contributed by atoms with van der Waals surface area (Å²) >= 11 is 0. The normalized spacial score (nSPS) is 13.7. The molecule has 2 aromatic carbocycles. The average Bonchev–Trinajstić information content (AvgIpc) is 3.28. The lowest BCUT2D eigenvalue weighted by Gasteiger charge is -2.26. The van der Waals surface area contributed by atoms with Crippen LogP contribution >= 0.6 is 0 Å². The second-order valence-corrected chi connectivity index (χ2v) is 9.23. The number of nitriles is 1. The summed E-state index contributed by atoms with van der Waals surface area (Å²) in [6.07, 6.45) is 6.98. The van der Waals surface area contributed by atoms with Gasteiger partial charge in [0.25, 0.3) is 5.91 Å². The van der Waals surface area contributed by atoms with Crippen LogP contribution in [0.3, 0.4) is 0 Å². The molecule has 1 aliphatic heterocycles. The van der Waals surface area contributed by atoms with Crippen LogP contribution in [-0.2, 0) is 0 Å². The highest BCUT2D eigenvalue weighted by Gasteiger charge is 2.20. The Morgan fingerprint density at radius 2 is 1.78 bits per heavy atom. The Morgan fingerprint density at radius 1 is 1.05 bits per heavy atom. The standard InChI is InChI=1S/C29H30N6O2/c1-21-26(29(36)31-14-17-34-15-6-3-7-16-34)20-35-28(21)27(22(18-30)19-32-35)33-23-10-12-25(13-11-23)37-24-8-4-2-5-9-24/h2,4-5,8-13,19-20,33H,3,6-7,14-17H2,1H3,(H,31,36). The number of aromatic nitrogens is 2. The zero-order valence-corrected chi connectivity index (χ0v) is 20.9. The molecule has 5 rings (SSSR count). The fraction of sp³-hybridized carbons (Fsp3) is 0.276. The van der Waals surface area contributed by atoms with E-state index in [9.17, 15) is 10.1 Å². The van der Waals surface area contributed by atoms with Gasteiger partial charge in [-0.25, -0.2) is 4.52 Å². The molecule has 1 saturated heterocycles. The van der Waals surface area contributed by atoms with Crippen molar-refractivity contribution in [2.45, 2.75) is 26.2 Å². The number of hydrogen-bond acceptors (Lipinski definition) is 6. The number of carbonyl (C=O) groups excluding carboxylic acids is 1. The van der Waals surface area contributed by atoms with E-state index in [0.717, 1.165) is 36.6 Å². The molecule has 0 radical (unpaired) electrons. The van der Waals surface area contributed by atoms with Gasteiger partial charge in [0.1, 0.15) is 17.6 Å². The molecule has 8 nitrogen and oxygen atoms in total. The molecule has 0 saturated carbocycles. The highest BCUT2D eigenvalue weighted by Crippen LogP contribution is 2.31. The number of amides is 1. The van der Waals surface area contributed by atoms with Gasteiger partial charge in [-0.3, -0.25) is 4.79 Å². The van der Waals surface area contributed by atoms with Crippen molar-refractivity contribution in [2.75, 3.05) is 31.5 Å². The summed E-state index contributed by atoms with van der Waals surface area (Å²) in [6, 6.07) is 19.3. The number of hydrogen-bond donors (Lipinski definition) is 2. The zero-order valence-electron chi connectivity index (χ0n) is 20.9. The molecule has 0 aliphatic carbocycles. The monoisotopic (exact) mass is 494 g/mol. The molecule has 2 aromatic heterocycles. The summed E-state index contributed by atoms with van der Waals surface area (Å²) in [7, 11) is 0. The van der Waals surface area contributed by atoms with Crippen molar-refractivity contribution in [3.63, 3.8) is 0 Å². The Balaban J connectivity index is 1.34. The Labute approximate surface area is 216 Å². The lowest BCUT2D eigenvalue weighted by Crippen LogP contribution is -2.37. The molecule has 1 aliphatic rings. The smallest absolute Gasteiger partial charge is 0.253 e. The molecule has 3 heterocycles. The predicted molar refractivity (Wildman–Crippen MR) is 144 cm³/mol. The van der Waals surface area contributed by atoms with Gasteiger partial charge in [0.05, 0.1) is 28.5 Å². The van der Waals surface area contributed by atoms with Crippen molar-refractivity contribution in [3.8, 4) is 17.6 Å². The van der Waals surface area contributed by atoms with Crippen molar-refractivity contribution < 1.29 is 9.53 Å². The lowest BCUT2D eigenvalue weighted by molar-refractivity contribution is 0.0946. The number of likely N-dealkylation sites (tertiary alicyclic amines) is 1. The number of fused-ring (bicyclic) bond motifs is 1. The third-order valence-electron chi connectivity index (χ3n) is 6.69. The van der Waals surface area contributed by atoms with E-state index in [1.165, 1.54) is 25.5 Å². The summed E-state index contributed by atoms with van der Waals surface area (Å²) < 4.78 is 7.53. The van der Waals surface area contributed by atoms with Gasteiger partial charge in [-0.1, -0.05) is 24.6 Å². The predicted octanol–water partition coefficient (Wildman–Crippen LogP) is 5.27. The van der Waals surface area contributed by atoms with Crippen LogP contribution in [0.4, 0.5) is 11.4 Å². The van der Waals surface area contributed by atoms with E-state index in [0.29, 0.717) is 34.6 Å². The Bertz CT molecular complexity index is 1420. The molecule has 8 heteroatoms. The number of anilines is 2. The van der Waals surface area contributed by atoms with E-state index in [1.807, 2.05) is 61.5 Å². The Morgan fingerprint density at radius 3 is 2.51 bits per heavy atom. The van der Waals surface area contributed by atoms with E-state index in [4.69, 9.17) is 4.74 Å². The first kappa shape index (κ1) is 24.3. The number of carbonyl (C=O) groups is 1. The first-order valence-corrected chi connectivity index (χ1v) is 12.6. The quantitative estimate of drug-likeness (QED) is 0.347. The van der Waals surface area contributed by atoms with Gasteiger partial charge in [-0.2, -0.15) is 10.4 Å². The molecule has 0 spiro atoms. The maximum absolute atomic E-state index is 13.0. The molecule has 1 amide bonds. The minimum atomic E-state index is -0.133. The minimum absolute atomic E-state index is 0.133. The number of piperidine rings is 1. The summed E-state index contributed by atoms with van der Waals surface area (Å²) in [5.74, 6) is 1.34. The maximum atomic E-state index is 13.0. The number of benzene rings is 2. The van der Waals surface area contributed by atoms with Gasteiger partial charge in [0.15, 0.2) is 0 Å². The maximum Gasteiger partial charge on any atom is 0.253 e. The Hall–Kier alpha value is -4.35. The van der Waals surface area contributed by atoms with Crippen molar-refractivity contribution in [2.24, 2.45) is 0 Å². The van der Waals surface area contributed by atoms with Gasteiger partial charge in [-0.05, 0) is 74.8 Å². The highest BCUT2D eigenvalue weighted by molar-refractivity contribution is 6.00. The number of nitrogens with one attached hydrogen (secondary N) is 2. The first-order chi connectivity index (χ1) is 18.1. The number of ether oxygens (including phenoxy) is 1. The van der Waals surface area contributed by atoms with Crippen molar-refractivity contribution in [1.29, 1.82) is 5.26 Å². The fourth-order valence-corrected chi connectivity index (χ4v) is 4.71. The fourth-order valence-electron chi connectivity index (χ4n) is 4.71. The van der Waals surface area contributed by atoms with E-state index in [1.54, 1.807) is 10.7 Å². The SMILES string of the molecule is Cc1c(C(=O)NCCN2CCCCC2)cn2ncc(C#N)c(Nc3ccc(Oc4ccccc4)cc3)c12. The average molecular weight is 495 g/mol. The van der Waals surface area contributed by atoms with Gasteiger partial charge in [0.2, 0.25) is 0 Å². The summed E-state index contributed by atoms with van der Waals surface area (Å²) in [5, 5.41) is 20.6. The number of para-hydroxylation sites is 1. The second-order valence-electron chi connectivity index (χ2n) is 9.23. The Kier molecular flexibility index (Phi) is 7.33. The van der Waals surface area contributed by atoms with Crippen molar-refractivity contribution in [3.05, 3.63) is 83.7 Å². The molecule has 0 atom stereocenters. The van der Waals surface area contributed by atoms with Crippen molar-refractivity contribution in [1.82, 2.24) is 19.8 Å². The van der Waals surface area contributed by atoms with Crippen LogP contribution in [-0.4, -0.2) is 46.6 Å². The van der Waals surface area contributed by atoms with Crippen LogP contribution in [0.2, 0.25) is 0 Å². The lowest BCUT2D eigenvalue weighted by atomic mass is 10.1. The topological polar surface area (TPSA) is 94.7 Å². The molecular formula is C29H30N6O2. The molecule has 0 bridgehead atoms. The summed E-state index contributed by atoms with van der Waals surface area (Å²) in [6.45, 7) is 5.54. The molecular weight excluding hydrogens is 464 g/mol. The van der Waals surface area contributed by atoms with Gasteiger partial charge in [0, 0.05) is 25.0 Å². The molecule has 188 valence electrons. The van der Waals surface area contributed by atoms with E-state index >= 15 is 0 Å². The van der Waals surface area contributed by atoms with E-state index in [2.05, 4.69) is 26.7 Å². The van der Waals surface area contributed by atoms with Crippen LogP contribution in [0.1, 0.15) is 40.7 Å². The van der Waals surface area contributed by atoms with E-state index < -0.39 is 0 Å². The van der Waals surface area contributed by atoms with Gasteiger partial charge < -0.3 is 20.3 Å². The largest absolute Gasteiger partial charge is 0.457 e. The summed E-state index contributed by atoms with van der Waals surface area (Å²) in [5.41, 5.74) is 3.82. The molecule has 2 N–H and O–H groups in total. The van der Waals surface area contributed by atoms with Crippen LogP contribution in [0.5, 0.6) is 11.5 Å². The van der Waals surface area contributed by atoms with Crippen LogP contribution in [0.15, 0.2) is 67.0 Å². The number of aryl methyl sites for hydroxylation is 1. The van der Waals surface area contributed by atoms with Crippen LogP contribution in [0, 0.1) is 18.3 Å². The van der Waals surface area contributed by atoms with Gasteiger partial charge >= 0.3 is 0 Å². The molecule has 4 aromatic rings. The highest BCUT2D eigenvalue weighted by atomic mass is 16.5. The minimum Gasteiger partial charge on any atom is -0.457 e. The zero-order chi connectivity index (χ0) is 25.6. The third kappa shape index (κ3) is 5.57.